The van der Waals surface area contributed by atoms with Gasteiger partial charge in [0.1, 0.15) is 11.3 Å². The van der Waals surface area contributed by atoms with Gasteiger partial charge in [-0.15, -0.1) is 0 Å². The molecule has 0 saturated heterocycles. The molecular formula is C18H18N2O3. The van der Waals surface area contributed by atoms with Gasteiger partial charge in [0.2, 0.25) is 0 Å². The molecule has 3 aromatic rings. The summed E-state index contributed by atoms with van der Waals surface area (Å²) in [7, 11) is 1.98. The van der Waals surface area contributed by atoms with Crippen LogP contribution in [-0.4, -0.2) is 16.9 Å². The average Bonchev–Trinajstić information content (AvgIpc) is 2.91. The van der Waals surface area contributed by atoms with E-state index in [1.165, 1.54) is 6.07 Å². The largest absolute Gasteiger partial charge is 0.460 e. The first-order chi connectivity index (χ1) is 11.0. The summed E-state index contributed by atoms with van der Waals surface area (Å²) < 4.78 is 5.82. The molecule has 5 heteroatoms. The fourth-order valence-corrected chi connectivity index (χ4v) is 2.77. The van der Waals surface area contributed by atoms with Crippen LogP contribution in [0.5, 0.6) is 0 Å². The lowest BCUT2D eigenvalue weighted by atomic mass is 10.1. The number of nitrogens with zero attached hydrogens (tertiary/aromatic N) is 2. The van der Waals surface area contributed by atoms with E-state index in [-0.39, 0.29) is 10.6 Å². The van der Waals surface area contributed by atoms with Crippen molar-refractivity contribution in [2.24, 2.45) is 0 Å². The molecule has 1 aromatic heterocycles. The van der Waals surface area contributed by atoms with E-state index < -0.39 is 0 Å². The molecule has 3 rings (SSSR count). The molecule has 0 bridgehead atoms. The Hall–Kier alpha value is -2.66. The van der Waals surface area contributed by atoms with Gasteiger partial charge in [-0.3, -0.25) is 15.0 Å². The van der Waals surface area contributed by atoms with E-state index in [0.717, 1.165) is 22.3 Å². The Morgan fingerprint density at radius 3 is 2.65 bits per heavy atom. The highest BCUT2D eigenvalue weighted by Crippen LogP contribution is 2.23. The van der Waals surface area contributed by atoms with E-state index in [2.05, 4.69) is 4.90 Å². The predicted octanol–water partition coefficient (Wildman–Crippen LogP) is 4.28. The first-order valence-corrected chi connectivity index (χ1v) is 7.43. The van der Waals surface area contributed by atoms with Crippen molar-refractivity contribution in [1.29, 1.82) is 0 Å². The summed E-state index contributed by atoms with van der Waals surface area (Å²) in [6.07, 6.45) is 0. The Labute approximate surface area is 134 Å². The quantitative estimate of drug-likeness (QED) is 0.521. The maximum atomic E-state index is 11.0. The number of fused-ring (bicyclic) bond motifs is 1. The van der Waals surface area contributed by atoms with E-state index >= 15 is 0 Å². The van der Waals surface area contributed by atoms with Crippen molar-refractivity contribution >= 4 is 16.7 Å². The average molecular weight is 310 g/mol. The maximum Gasteiger partial charge on any atom is 0.272 e. The van der Waals surface area contributed by atoms with Crippen molar-refractivity contribution in [1.82, 2.24) is 4.90 Å². The van der Waals surface area contributed by atoms with Crippen molar-refractivity contribution in [2.45, 2.75) is 20.0 Å². The van der Waals surface area contributed by atoms with Crippen molar-refractivity contribution in [3.63, 3.8) is 0 Å². The van der Waals surface area contributed by atoms with Crippen LogP contribution in [0.15, 0.2) is 52.9 Å². The second-order valence-corrected chi connectivity index (χ2v) is 5.74. The maximum absolute atomic E-state index is 11.0. The Bertz CT molecular complexity index is 821. The zero-order valence-corrected chi connectivity index (χ0v) is 13.2. The van der Waals surface area contributed by atoms with Gasteiger partial charge in [-0.05, 0) is 31.7 Å². The van der Waals surface area contributed by atoms with Crippen LogP contribution in [0.25, 0.3) is 11.0 Å². The SMILES string of the molecule is Cc1c(CN(C)Cc2cc3ccccc3o2)cccc1[N+](=O)[O-]. The van der Waals surface area contributed by atoms with Gasteiger partial charge >= 0.3 is 0 Å². The van der Waals surface area contributed by atoms with Crippen LogP contribution in [0.3, 0.4) is 0 Å². The molecule has 1 heterocycles. The summed E-state index contributed by atoms with van der Waals surface area (Å²) in [6, 6.07) is 15.1. The van der Waals surface area contributed by atoms with Gasteiger partial charge in [-0.25, -0.2) is 0 Å². The van der Waals surface area contributed by atoms with Gasteiger partial charge in [0.05, 0.1) is 11.5 Å². The molecule has 0 radical (unpaired) electrons. The minimum Gasteiger partial charge on any atom is -0.460 e. The second kappa shape index (κ2) is 6.22. The third-order valence-electron chi connectivity index (χ3n) is 3.96. The molecule has 0 fully saturated rings. The van der Waals surface area contributed by atoms with Gasteiger partial charge in [0.15, 0.2) is 0 Å². The molecule has 0 atom stereocenters. The molecular weight excluding hydrogens is 292 g/mol. The lowest BCUT2D eigenvalue weighted by molar-refractivity contribution is -0.385. The van der Waals surface area contributed by atoms with Gasteiger partial charge in [-0.2, -0.15) is 0 Å². The highest BCUT2D eigenvalue weighted by molar-refractivity contribution is 5.77. The monoisotopic (exact) mass is 310 g/mol. The Morgan fingerprint density at radius 1 is 1.13 bits per heavy atom. The summed E-state index contributed by atoms with van der Waals surface area (Å²) in [5.41, 5.74) is 2.72. The molecule has 0 aliphatic rings. The zero-order valence-electron chi connectivity index (χ0n) is 13.2. The van der Waals surface area contributed by atoms with E-state index in [0.29, 0.717) is 18.7 Å². The van der Waals surface area contributed by atoms with Gasteiger partial charge < -0.3 is 4.42 Å². The molecule has 0 N–H and O–H groups in total. The lowest BCUT2D eigenvalue weighted by Crippen LogP contribution is -2.17. The summed E-state index contributed by atoms with van der Waals surface area (Å²) in [6.45, 7) is 3.07. The summed E-state index contributed by atoms with van der Waals surface area (Å²) >= 11 is 0. The third kappa shape index (κ3) is 3.24. The van der Waals surface area contributed by atoms with Crippen molar-refractivity contribution in [3.8, 4) is 0 Å². The number of hydrogen-bond donors (Lipinski definition) is 0. The van der Waals surface area contributed by atoms with Crippen LogP contribution in [0.2, 0.25) is 0 Å². The number of para-hydroxylation sites is 1. The van der Waals surface area contributed by atoms with Crippen LogP contribution in [-0.2, 0) is 13.1 Å². The van der Waals surface area contributed by atoms with Crippen LogP contribution in [0.4, 0.5) is 5.69 Å². The Kier molecular flexibility index (Phi) is 4.12. The van der Waals surface area contributed by atoms with Gasteiger partial charge in [0.25, 0.3) is 5.69 Å². The first kappa shape index (κ1) is 15.2. The second-order valence-electron chi connectivity index (χ2n) is 5.74. The molecule has 5 nitrogen and oxygen atoms in total. The Morgan fingerprint density at radius 2 is 1.91 bits per heavy atom. The molecule has 0 unspecified atom stereocenters. The highest BCUT2D eigenvalue weighted by atomic mass is 16.6. The number of hydrogen-bond acceptors (Lipinski definition) is 4. The van der Waals surface area contributed by atoms with E-state index in [1.807, 2.05) is 43.4 Å². The number of benzene rings is 2. The molecule has 2 aromatic carbocycles. The molecule has 0 amide bonds. The van der Waals surface area contributed by atoms with Crippen molar-refractivity contribution in [2.75, 3.05) is 7.05 Å². The van der Waals surface area contributed by atoms with E-state index in [9.17, 15) is 10.1 Å². The first-order valence-electron chi connectivity index (χ1n) is 7.43. The van der Waals surface area contributed by atoms with E-state index in [4.69, 9.17) is 4.42 Å². The van der Waals surface area contributed by atoms with E-state index in [1.54, 1.807) is 13.0 Å². The zero-order chi connectivity index (χ0) is 16.4. The molecule has 118 valence electrons. The minimum absolute atomic E-state index is 0.166. The minimum atomic E-state index is -0.335. The predicted molar refractivity (Wildman–Crippen MR) is 89.2 cm³/mol. The topological polar surface area (TPSA) is 59.5 Å². The number of rotatable bonds is 5. The molecule has 0 aliphatic heterocycles. The third-order valence-corrected chi connectivity index (χ3v) is 3.96. The summed E-state index contributed by atoms with van der Waals surface area (Å²) in [4.78, 5) is 12.8. The smallest absolute Gasteiger partial charge is 0.272 e. The summed E-state index contributed by atoms with van der Waals surface area (Å²) in [5, 5.41) is 12.1. The molecule has 0 spiro atoms. The van der Waals surface area contributed by atoms with Gasteiger partial charge in [0, 0.05) is 23.6 Å². The normalized spacial score (nSPS) is 11.3. The van der Waals surface area contributed by atoms with Crippen LogP contribution < -0.4 is 0 Å². The fraction of sp³-hybridized carbons (Fsp3) is 0.222. The fourth-order valence-electron chi connectivity index (χ4n) is 2.77. The number of nitro groups is 1. The number of nitro benzene ring substituents is 1. The standard InChI is InChI=1S/C18H18N2O3/c1-13-15(7-5-8-17(13)20(21)22)11-19(2)12-16-10-14-6-3-4-9-18(14)23-16/h3-10H,11-12H2,1-2H3. The molecule has 23 heavy (non-hydrogen) atoms. The van der Waals surface area contributed by atoms with Crippen molar-refractivity contribution in [3.05, 3.63) is 75.5 Å². The molecule has 0 saturated carbocycles. The van der Waals surface area contributed by atoms with Crippen LogP contribution >= 0.6 is 0 Å². The van der Waals surface area contributed by atoms with Crippen LogP contribution in [0, 0.1) is 17.0 Å². The highest BCUT2D eigenvalue weighted by Gasteiger charge is 2.15. The van der Waals surface area contributed by atoms with Crippen LogP contribution in [0.1, 0.15) is 16.9 Å². The summed E-state index contributed by atoms with van der Waals surface area (Å²) in [5.74, 6) is 0.886. The lowest BCUT2D eigenvalue weighted by Gasteiger charge is -2.16. The number of furan rings is 1. The molecule has 0 aliphatic carbocycles. The Balaban J connectivity index is 1.75. The van der Waals surface area contributed by atoms with Gasteiger partial charge in [-0.1, -0.05) is 30.3 Å². The van der Waals surface area contributed by atoms with Crippen molar-refractivity contribution < 1.29 is 9.34 Å².